The van der Waals surface area contributed by atoms with E-state index in [9.17, 15) is 9.59 Å². The lowest BCUT2D eigenvalue weighted by Crippen LogP contribution is -2.31. The maximum Gasteiger partial charge on any atom is 0.275 e. The van der Waals surface area contributed by atoms with Gasteiger partial charge in [0.25, 0.3) is 11.5 Å². The minimum absolute atomic E-state index is 0.0116. The highest BCUT2D eigenvalue weighted by atomic mass is 16.5. The van der Waals surface area contributed by atoms with Gasteiger partial charge in [0.1, 0.15) is 17.4 Å². The minimum atomic E-state index is -0.587. The van der Waals surface area contributed by atoms with E-state index in [-0.39, 0.29) is 5.56 Å². The second-order valence-electron chi connectivity index (χ2n) is 4.63. The molecule has 1 heterocycles. The van der Waals surface area contributed by atoms with Gasteiger partial charge in [0.15, 0.2) is 0 Å². The summed E-state index contributed by atoms with van der Waals surface area (Å²) in [4.78, 5) is 24.8. The molecule has 0 bridgehead atoms. The molecule has 0 N–H and O–H groups in total. The first-order valence-corrected chi connectivity index (χ1v) is 6.31. The Balaban J connectivity index is 2.58. The molecule has 0 atom stereocenters. The van der Waals surface area contributed by atoms with Crippen molar-refractivity contribution in [3.05, 3.63) is 63.1 Å². The Morgan fingerprint density at radius 1 is 1.24 bits per heavy atom. The van der Waals surface area contributed by atoms with E-state index in [0.717, 1.165) is 4.57 Å². The molecule has 2 aromatic rings. The van der Waals surface area contributed by atoms with Crippen LogP contribution < -0.4 is 10.3 Å². The van der Waals surface area contributed by atoms with Crippen LogP contribution in [0.4, 0.5) is 0 Å². The van der Waals surface area contributed by atoms with Crippen molar-refractivity contribution in [2.45, 2.75) is 13.8 Å². The monoisotopic (exact) mass is 282 g/mol. The highest BCUT2D eigenvalue weighted by Crippen LogP contribution is 2.13. The number of benzene rings is 1. The molecule has 0 radical (unpaired) electrons. The van der Waals surface area contributed by atoms with Gasteiger partial charge in [-0.15, -0.1) is 0 Å². The third kappa shape index (κ3) is 2.56. The predicted octanol–water partition coefficient (Wildman–Crippen LogP) is 2.03. The average molecular weight is 282 g/mol. The summed E-state index contributed by atoms with van der Waals surface area (Å²) >= 11 is 0. The summed E-state index contributed by atoms with van der Waals surface area (Å²) in [5.74, 6) is 0.161. The molecule has 0 spiro atoms. The van der Waals surface area contributed by atoms with E-state index in [1.807, 2.05) is 6.07 Å². The Hall–Kier alpha value is -2.87. The van der Waals surface area contributed by atoms with Gasteiger partial charge in [0.05, 0.1) is 7.11 Å². The van der Waals surface area contributed by atoms with Crippen LogP contribution in [0.1, 0.15) is 27.2 Å². The summed E-state index contributed by atoms with van der Waals surface area (Å²) in [6, 6.07) is 9.96. The zero-order valence-electron chi connectivity index (χ0n) is 12.0. The van der Waals surface area contributed by atoms with Crippen molar-refractivity contribution in [1.29, 1.82) is 5.26 Å². The number of carbonyl (C=O) groups is 1. The molecule has 0 unspecified atom stereocenters. The molecule has 0 saturated heterocycles. The first-order valence-electron chi connectivity index (χ1n) is 6.31. The van der Waals surface area contributed by atoms with Gasteiger partial charge in [-0.25, -0.2) is 4.57 Å². The molecule has 2 rings (SSSR count). The molecular formula is C16H14N2O3. The Morgan fingerprint density at radius 3 is 2.38 bits per heavy atom. The Morgan fingerprint density at radius 2 is 1.86 bits per heavy atom. The van der Waals surface area contributed by atoms with Crippen molar-refractivity contribution in [2.24, 2.45) is 0 Å². The van der Waals surface area contributed by atoms with E-state index >= 15 is 0 Å². The lowest BCUT2D eigenvalue weighted by Gasteiger charge is -2.11. The van der Waals surface area contributed by atoms with Crippen LogP contribution in [0.5, 0.6) is 5.75 Å². The molecule has 0 aliphatic carbocycles. The largest absolute Gasteiger partial charge is 0.497 e. The third-order valence-electron chi connectivity index (χ3n) is 3.24. The predicted molar refractivity (Wildman–Crippen MR) is 77.6 cm³/mol. The highest BCUT2D eigenvalue weighted by molar-refractivity contribution is 5.96. The van der Waals surface area contributed by atoms with Gasteiger partial charge in [-0.05, 0) is 49.7 Å². The van der Waals surface area contributed by atoms with Gasteiger partial charge in [-0.2, -0.15) is 5.26 Å². The fourth-order valence-corrected chi connectivity index (χ4v) is 2.14. The van der Waals surface area contributed by atoms with Crippen molar-refractivity contribution >= 4 is 5.91 Å². The van der Waals surface area contributed by atoms with Crippen LogP contribution in [-0.4, -0.2) is 17.6 Å². The lowest BCUT2D eigenvalue weighted by atomic mass is 10.1. The number of carbonyl (C=O) groups excluding carboxylic acids is 1. The van der Waals surface area contributed by atoms with Gasteiger partial charge >= 0.3 is 0 Å². The maximum atomic E-state index is 12.5. The quantitative estimate of drug-likeness (QED) is 0.845. The van der Waals surface area contributed by atoms with E-state index in [2.05, 4.69) is 0 Å². The van der Waals surface area contributed by atoms with Crippen LogP contribution in [-0.2, 0) is 0 Å². The number of aryl methyl sites for hydroxylation is 2. The van der Waals surface area contributed by atoms with Gasteiger partial charge in [-0.1, -0.05) is 0 Å². The SMILES string of the molecule is COc1ccc(C(=O)n2c(C)cc(C)c(C#N)c2=O)cc1. The van der Waals surface area contributed by atoms with Crippen LogP contribution in [0.15, 0.2) is 35.1 Å². The first-order chi connectivity index (χ1) is 9.99. The van der Waals surface area contributed by atoms with E-state index in [4.69, 9.17) is 10.00 Å². The topological polar surface area (TPSA) is 72.1 Å². The zero-order valence-corrected chi connectivity index (χ0v) is 12.0. The standard InChI is InChI=1S/C16H14N2O3/c1-10-8-11(2)18(16(20)14(10)9-17)15(19)12-4-6-13(21-3)7-5-12/h4-8H,1-3H3. The van der Waals surface area contributed by atoms with Crippen LogP contribution in [0.25, 0.3) is 0 Å². The number of nitriles is 1. The molecule has 0 saturated carbocycles. The smallest absolute Gasteiger partial charge is 0.275 e. The summed E-state index contributed by atoms with van der Waals surface area (Å²) in [7, 11) is 1.53. The second-order valence-corrected chi connectivity index (χ2v) is 4.63. The summed E-state index contributed by atoms with van der Waals surface area (Å²) in [5.41, 5.74) is 0.822. The van der Waals surface area contributed by atoms with E-state index in [1.165, 1.54) is 7.11 Å². The maximum absolute atomic E-state index is 12.5. The molecule has 5 heteroatoms. The van der Waals surface area contributed by atoms with Gasteiger partial charge in [0, 0.05) is 11.3 Å². The number of hydrogen-bond acceptors (Lipinski definition) is 4. The Labute approximate surface area is 122 Å². The van der Waals surface area contributed by atoms with E-state index in [0.29, 0.717) is 22.6 Å². The van der Waals surface area contributed by atoms with Crippen LogP contribution in [0, 0.1) is 25.2 Å². The Kier molecular flexibility index (Phi) is 3.90. The van der Waals surface area contributed by atoms with E-state index in [1.54, 1.807) is 44.2 Å². The number of hydrogen-bond donors (Lipinski definition) is 0. The van der Waals surface area contributed by atoms with Crippen LogP contribution >= 0.6 is 0 Å². The number of ether oxygens (including phenoxy) is 1. The molecule has 0 amide bonds. The molecule has 21 heavy (non-hydrogen) atoms. The normalized spacial score (nSPS) is 10.0. The molecule has 1 aromatic heterocycles. The molecule has 0 aliphatic rings. The molecular weight excluding hydrogens is 268 g/mol. The van der Waals surface area contributed by atoms with Crippen molar-refractivity contribution in [1.82, 2.24) is 4.57 Å². The molecule has 0 aliphatic heterocycles. The number of aromatic nitrogens is 1. The van der Waals surface area contributed by atoms with Gasteiger partial charge in [0.2, 0.25) is 0 Å². The molecule has 0 fully saturated rings. The second kappa shape index (κ2) is 5.63. The zero-order chi connectivity index (χ0) is 15.6. The summed E-state index contributed by atoms with van der Waals surface area (Å²) in [6.45, 7) is 3.34. The average Bonchev–Trinajstić information content (AvgIpc) is 2.47. The van der Waals surface area contributed by atoms with Crippen molar-refractivity contribution in [3.63, 3.8) is 0 Å². The number of nitrogens with zero attached hydrogens (tertiary/aromatic N) is 2. The van der Waals surface area contributed by atoms with E-state index < -0.39 is 11.5 Å². The summed E-state index contributed by atoms with van der Waals surface area (Å²) in [5, 5.41) is 9.04. The van der Waals surface area contributed by atoms with Crippen molar-refractivity contribution in [2.75, 3.05) is 7.11 Å². The van der Waals surface area contributed by atoms with Gasteiger partial charge < -0.3 is 4.74 Å². The van der Waals surface area contributed by atoms with Crippen LogP contribution in [0.3, 0.4) is 0 Å². The summed E-state index contributed by atoms with van der Waals surface area (Å²) in [6.07, 6.45) is 0. The minimum Gasteiger partial charge on any atom is -0.497 e. The fourth-order valence-electron chi connectivity index (χ4n) is 2.14. The first kappa shape index (κ1) is 14.5. The van der Waals surface area contributed by atoms with Crippen molar-refractivity contribution in [3.8, 4) is 11.8 Å². The fraction of sp³-hybridized carbons (Fsp3) is 0.188. The van der Waals surface area contributed by atoms with Crippen molar-refractivity contribution < 1.29 is 9.53 Å². The third-order valence-corrected chi connectivity index (χ3v) is 3.24. The number of rotatable bonds is 2. The van der Waals surface area contributed by atoms with Gasteiger partial charge in [-0.3, -0.25) is 9.59 Å². The number of pyridine rings is 1. The Bertz CT molecular complexity index is 796. The molecule has 5 nitrogen and oxygen atoms in total. The van der Waals surface area contributed by atoms with Crippen LogP contribution in [0.2, 0.25) is 0 Å². The number of methoxy groups -OCH3 is 1. The molecule has 106 valence electrons. The summed E-state index contributed by atoms with van der Waals surface area (Å²) < 4.78 is 6.05. The molecule has 1 aromatic carbocycles. The highest BCUT2D eigenvalue weighted by Gasteiger charge is 2.17. The lowest BCUT2D eigenvalue weighted by molar-refractivity contribution is 0.0953.